The van der Waals surface area contributed by atoms with Gasteiger partial charge in [-0.15, -0.1) is 0 Å². The van der Waals surface area contributed by atoms with Crippen LogP contribution in [0.1, 0.15) is 29.3 Å². The molecule has 3 aromatic rings. The van der Waals surface area contributed by atoms with E-state index < -0.39 is 5.41 Å². The normalized spacial score (nSPS) is 17.7. The van der Waals surface area contributed by atoms with Gasteiger partial charge in [0.25, 0.3) is 5.91 Å². The van der Waals surface area contributed by atoms with Crippen LogP contribution < -0.4 is 11.1 Å². The van der Waals surface area contributed by atoms with Gasteiger partial charge < -0.3 is 16.0 Å². The van der Waals surface area contributed by atoms with Crippen LogP contribution in [0, 0.1) is 11.2 Å². The molecule has 0 aromatic heterocycles. The van der Waals surface area contributed by atoms with Crippen molar-refractivity contribution in [3.63, 3.8) is 0 Å². The Balaban J connectivity index is 1.59. The van der Waals surface area contributed by atoms with E-state index in [9.17, 15) is 14.0 Å². The van der Waals surface area contributed by atoms with E-state index in [-0.39, 0.29) is 17.6 Å². The predicted octanol–water partition coefficient (Wildman–Crippen LogP) is 4.29. The van der Waals surface area contributed by atoms with Gasteiger partial charge in [0, 0.05) is 30.9 Å². The highest BCUT2D eigenvalue weighted by Crippen LogP contribution is 2.36. The number of nitrogens with two attached hydrogens (primary N) is 1. The standard InChI is InChI=1S/C27H28FN3O2/c1-2-30-26(33)27(14-15-31(18-27)25(32)21-8-12-24(29)13-9-21)17-19-4-3-5-22(16-19)20-6-10-23(28)11-7-20/h3-13,16H,2,14-15,17-18,29H2,1H3,(H,30,33)/t27-/m0/s1. The minimum absolute atomic E-state index is 0.0372. The SMILES string of the molecule is CCNC(=O)[C@]1(Cc2cccc(-c3ccc(F)cc3)c2)CCN(C(=O)c2ccc(N)cc2)C1. The minimum Gasteiger partial charge on any atom is -0.399 e. The van der Waals surface area contributed by atoms with Crippen molar-refractivity contribution in [2.45, 2.75) is 19.8 Å². The third kappa shape index (κ3) is 4.90. The van der Waals surface area contributed by atoms with Gasteiger partial charge >= 0.3 is 0 Å². The van der Waals surface area contributed by atoms with Gasteiger partial charge in [0.15, 0.2) is 0 Å². The molecular weight excluding hydrogens is 417 g/mol. The first kappa shape index (κ1) is 22.5. The molecule has 0 saturated carbocycles. The number of amides is 2. The number of nitrogen functional groups attached to an aromatic ring is 1. The number of hydrogen-bond donors (Lipinski definition) is 2. The van der Waals surface area contributed by atoms with Gasteiger partial charge in [0.05, 0.1) is 5.41 Å². The second-order valence-electron chi connectivity index (χ2n) is 8.62. The summed E-state index contributed by atoms with van der Waals surface area (Å²) in [7, 11) is 0. The van der Waals surface area contributed by atoms with Crippen molar-refractivity contribution in [2.75, 3.05) is 25.4 Å². The van der Waals surface area contributed by atoms with Crippen LogP contribution in [0.5, 0.6) is 0 Å². The number of halogens is 1. The van der Waals surface area contributed by atoms with Crippen molar-refractivity contribution < 1.29 is 14.0 Å². The predicted molar refractivity (Wildman–Crippen MR) is 128 cm³/mol. The van der Waals surface area contributed by atoms with Gasteiger partial charge in [0.1, 0.15) is 5.82 Å². The maximum absolute atomic E-state index is 13.3. The summed E-state index contributed by atoms with van der Waals surface area (Å²) < 4.78 is 13.3. The Hall–Kier alpha value is -3.67. The molecule has 0 bridgehead atoms. The first-order valence-corrected chi connectivity index (χ1v) is 11.2. The van der Waals surface area contributed by atoms with Crippen molar-refractivity contribution in [2.24, 2.45) is 5.41 Å². The molecule has 1 saturated heterocycles. The largest absolute Gasteiger partial charge is 0.399 e. The first-order chi connectivity index (χ1) is 15.9. The molecule has 0 spiro atoms. The molecule has 0 radical (unpaired) electrons. The van der Waals surface area contributed by atoms with Gasteiger partial charge in [-0.3, -0.25) is 9.59 Å². The molecular formula is C27H28FN3O2. The number of carbonyl (C=O) groups excluding carboxylic acids is 2. The van der Waals surface area contributed by atoms with Crippen LogP contribution in [0.4, 0.5) is 10.1 Å². The van der Waals surface area contributed by atoms with Gasteiger partial charge in [-0.1, -0.05) is 36.4 Å². The van der Waals surface area contributed by atoms with Crippen LogP contribution in [0.15, 0.2) is 72.8 Å². The third-order valence-electron chi connectivity index (χ3n) is 6.26. The van der Waals surface area contributed by atoms with E-state index in [1.165, 1.54) is 12.1 Å². The minimum atomic E-state index is -0.707. The smallest absolute Gasteiger partial charge is 0.253 e. The summed E-state index contributed by atoms with van der Waals surface area (Å²) in [5, 5.41) is 2.97. The second kappa shape index (κ2) is 9.45. The van der Waals surface area contributed by atoms with Gasteiger partial charge in [-0.25, -0.2) is 4.39 Å². The van der Waals surface area contributed by atoms with E-state index in [0.29, 0.717) is 43.7 Å². The molecule has 1 heterocycles. The van der Waals surface area contributed by atoms with Gasteiger partial charge in [0.2, 0.25) is 5.91 Å². The van der Waals surface area contributed by atoms with E-state index >= 15 is 0 Å². The summed E-state index contributed by atoms with van der Waals surface area (Å²) in [5.74, 6) is -0.409. The van der Waals surface area contributed by atoms with E-state index in [1.807, 2.05) is 31.2 Å². The number of benzene rings is 3. The summed E-state index contributed by atoms with van der Waals surface area (Å²) in [6, 6.07) is 21.2. The van der Waals surface area contributed by atoms with E-state index in [2.05, 4.69) is 5.32 Å². The zero-order valence-corrected chi connectivity index (χ0v) is 18.7. The molecule has 5 nitrogen and oxygen atoms in total. The zero-order chi connectivity index (χ0) is 23.4. The molecule has 3 N–H and O–H groups in total. The molecule has 2 amide bonds. The summed E-state index contributed by atoms with van der Waals surface area (Å²) >= 11 is 0. The monoisotopic (exact) mass is 445 g/mol. The maximum Gasteiger partial charge on any atom is 0.253 e. The molecule has 1 aliphatic heterocycles. The fraction of sp³-hybridized carbons (Fsp3) is 0.259. The van der Waals surface area contributed by atoms with Crippen molar-refractivity contribution in [1.29, 1.82) is 0 Å². The first-order valence-electron chi connectivity index (χ1n) is 11.2. The Morgan fingerprint density at radius 1 is 1.03 bits per heavy atom. The second-order valence-corrected chi connectivity index (χ2v) is 8.62. The molecule has 6 heteroatoms. The van der Waals surface area contributed by atoms with Crippen molar-refractivity contribution in [3.8, 4) is 11.1 Å². The zero-order valence-electron chi connectivity index (χ0n) is 18.7. The number of hydrogen-bond acceptors (Lipinski definition) is 3. The lowest BCUT2D eigenvalue weighted by Crippen LogP contribution is -2.45. The van der Waals surface area contributed by atoms with Gasteiger partial charge in [-0.2, -0.15) is 0 Å². The number of likely N-dealkylation sites (tertiary alicyclic amines) is 1. The molecule has 1 atom stereocenters. The average molecular weight is 446 g/mol. The topological polar surface area (TPSA) is 75.4 Å². The lowest BCUT2D eigenvalue weighted by atomic mass is 9.79. The fourth-order valence-electron chi connectivity index (χ4n) is 4.51. The number of rotatable bonds is 6. The van der Waals surface area contributed by atoms with Crippen molar-refractivity contribution >= 4 is 17.5 Å². The molecule has 33 heavy (non-hydrogen) atoms. The number of carbonyl (C=O) groups is 2. The molecule has 1 fully saturated rings. The lowest BCUT2D eigenvalue weighted by Gasteiger charge is -2.28. The Kier molecular flexibility index (Phi) is 6.45. The summed E-state index contributed by atoms with van der Waals surface area (Å²) in [4.78, 5) is 28.0. The summed E-state index contributed by atoms with van der Waals surface area (Å²) in [5.41, 5.74) is 9.09. The summed E-state index contributed by atoms with van der Waals surface area (Å²) in [6.07, 6.45) is 1.10. The quantitative estimate of drug-likeness (QED) is 0.556. The lowest BCUT2D eigenvalue weighted by molar-refractivity contribution is -0.130. The fourth-order valence-corrected chi connectivity index (χ4v) is 4.51. The number of anilines is 1. The maximum atomic E-state index is 13.3. The Morgan fingerprint density at radius 3 is 2.45 bits per heavy atom. The van der Waals surface area contributed by atoms with Crippen molar-refractivity contribution in [1.82, 2.24) is 10.2 Å². The molecule has 3 aromatic carbocycles. The molecule has 170 valence electrons. The van der Waals surface area contributed by atoms with Crippen LogP contribution in [0.3, 0.4) is 0 Å². The van der Waals surface area contributed by atoms with Gasteiger partial charge in [-0.05, 0) is 72.9 Å². The molecule has 0 aliphatic carbocycles. The number of nitrogens with zero attached hydrogens (tertiary/aromatic N) is 1. The van der Waals surface area contributed by atoms with E-state index in [1.54, 1.807) is 41.3 Å². The molecule has 0 unspecified atom stereocenters. The Morgan fingerprint density at radius 2 is 1.76 bits per heavy atom. The Labute approximate surface area is 193 Å². The highest BCUT2D eigenvalue weighted by Gasteiger charge is 2.45. The van der Waals surface area contributed by atoms with Crippen LogP contribution in [-0.2, 0) is 11.2 Å². The number of nitrogens with one attached hydrogen (secondary N) is 1. The van der Waals surface area contributed by atoms with E-state index in [0.717, 1.165) is 16.7 Å². The average Bonchev–Trinajstić information content (AvgIpc) is 3.25. The highest BCUT2D eigenvalue weighted by atomic mass is 19.1. The molecule has 4 rings (SSSR count). The van der Waals surface area contributed by atoms with E-state index in [4.69, 9.17) is 5.73 Å². The summed E-state index contributed by atoms with van der Waals surface area (Å²) in [6.45, 7) is 3.29. The van der Waals surface area contributed by atoms with Crippen molar-refractivity contribution in [3.05, 3.63) is 89.7 Å². The highest BCUT2D eigenvalue weighted by molar-refractivity contribution is 5.95. The Bertz CT molecular complexity index is 1140. The third-order valence-corrected chi connectivity index (χ3v) is 6.26. The van der Waals surface area contributed by atoms with Crippen LogP contribution in [0.25, 0.3) is 11.1 Å². The van der Waals surface area contributed by atoms with Crippen LogP contribution >= 0.6 is 0 Å². The van der Waals surface area contributed by atoms with Crippen LogP contribution in [-0.4, -0.2) is 36.3 Å². The van der Waals surface area contributed by atoms with Crippen LogP contribution in [0.2, 0.25) is 0 Å². The molecule has 1 aliphatic rings.